The van der Waals surface area contributed by atoms with Crippen molar-refractivity contribution < 1.29 is 23.8 Å². The lowest BCUT2D eigenvalue weighted by molar-refractivity contribution is -0.166. The normalized spacial score (nSPS) is 17.9. The van der Waals surface area contributed by atoms with Crippen molar-refractivity contribution in [2.24, 2.45) is 0 Å². The van der Waals surface area contributed by atoms with Crippen LogP contribution in [-0.4, -0.2) is 68.7 Å². The van der Waals surface area contributed by atoms with Gasteiger partial charge in [-0.15, -0.1) is 0 Å². The van der Waals surface area contributed by atoms with Crippen LogP contribution in [0.15, 0.2) is 48.2 Å². The number of hydroxylamine groups is 2. The molecule has 4 rings (SSSR count). The van der Waals surface area contributed by atoms with Gasteiger partial charge in [0.25, 0.3) is 5.91 Å². The van der Waals surface area contributed by atoms with Crippen molar-refractivity contribution in [3.05, 3.63) is 76.0 Å². The SMILES string of the molecule is COCOCCN1C(=O)C(c2c(C)cc(C)cc2C)=C(OCc2ccccc2)C12CCN(OC)CC2. The number of carbonyl (C=O) groups is 1. The van der Waals surface area contributed by atoms with Crippen LogP contribution in [0.3, 0.4) is 0 Å². The minimum Gasteiger partial charge on any atom is -0.490 e. The Morgan fingerprint density at radius 3 is 2.25 bits per heavy atom. The Morgan fingerprint density at radius 1 is 0.972 bits per heavy atom. The van der Waals surface area contributed by atoms with Gasteiger partial charge in [0.15, 0.2) is 0 Å². The van der Waals surface area contributed by atoms with Crippen LogP contribution in [0.5, 0.6) is 0 Å². The lowest BCUT2D eigenvalue weighted by Crippen LogP contribution is -2.56. The van der Waals surface area contributed by atoms with Crippen molar-refractivity contribution in [1.82, 2.24) is 9.96 Å². The number of nitrogens with zero attached hydrogens (tertiary/aromatic N) is 2. The van der Waals surface area contributed by atoms with E-state index < -0.39 is 5.54 Å². The van der Waals surface area contributed by atoms with Gasteiger partial charge in [0.05, 0.1) is 19.3 Å². The summed E-state index contributed by atoms with van der Waals surface area (Å²) >= 11 is 0. The summed E-state index contributed by atoms with van der Waals surface area (Å²) in [6.45, 7) is 9.10. The summed E-state index contributed by atoms with van der Waals surface area (Å²) in [6.07, 6.45) is 1.43. The van der Waals surface area contributed by atoms with Crippen LogP contribution in [0.2, 0.25) is 0 Å². The minimum absolute atomic E-state index is 0.00000147. The number of ether oxygens (including phenoxy) is 3. The van der Waals surface area contributed by atoms with Crippen molar-refractivity contribution in [3.63, 3.8) is 0 Å². The second kappa shape index (κ2) is 11.6. The molecule has 0 N–H and O–H groups in total. The summed E-state index contributed by atoms with van der Waals surface area (Å²) in [6, 6.07) is 14.4. The Bertz CT molecular complexity index is 1070. The highest BCUT2D eigenvalue weighted by Crippen LogP contribution is 2.48. The minimum atomic E-state index is -0.559. The van der Waals surface area contributed by atoms with Gasteiger partial charge in [-0.25, -0.2) is 0 Å². The third kappa shape index (κ3) is 5.20. The quantitative estimate of drug-likeness (QED) is 0.361. The number of hydrogen-bond donors (Lipinski definition) is 0. The summed E-state index contributed by atoms with van der Waals surface area (Å²) < 4.78 is 17.4. The van der Waals surface area contributed by atoms with Gasteiger partial charge in [-0.2, -0.15) is 5.06 Å². The van der Waals surface area contributed by atoms with Crippen molar-refractivity contribution >= 4 is 11.5 Å². The molecular formula is C29H38N2O5. The molecule has 194 valence electrons. The van der Waals surface area contributed by atoms with Gasteiger partial charge in [-0.3, -0.25) is 4.79 Å². The summed E-state index contributed by atoms with van der Waals surface area (Å²) in [5, 5.41) is 1.95. The van der Waals surface area contributed by atoms with Crippen LogP contribution in [0.4, 0.5) is 0 Å². The molecule has 7 heteroatoms. The lowest BCUT2D eigenvalue weighted by Gasteiger charge is -2.45. The number of amides is 1. The third-order valence-electron chi connectivity index (χ3n) is 7.25. The first-order chi connectivity index (χ1) is 17.4. The Hall–Kier alpha value is -2.71. The van der Waals surface area contributed by atoms with Gasteiger partial charge in [-0.05, 0) is 55.9 Å². The predicted octanol–water partition coefficient (Wildman–Crippen LogP) is 4.40. The van der Waals surface area contributed by atoms with E-state index in [1.165, 1.54) is 5.56 Å². The highest BCUT2D eigenvalue weighted by atomic mass is 16.7. The van der Waals surface area contributed by atoms with E-state index in [0.29, 0.717) is 51.3 Å². The van der Waals surface area contributed by atoms with E-state index in [1.807, 2.05) is 28.2 Å². The Morgan fingerprint density at radius 2 is 1.64 bits per heavy atom. The fourth-order valence-electron chi connectivity index (χ4n) is 5.66. The molecule has 2 aromatic rings. The van der Waals surface area contributed by atoms with Gasteiger partial charge in [0.1, 0.15) is 24.7 Å². The molecule has 1 spiro atoms. The molecule has 0 unspecified atom stereocenters. The maximum atomic E-state index is 14.3. The second-order valence-electron chi connectivity index (χ2n) is 9.67. The predicted molar refractivity (Wildman–Crippen MR) is 139 cm³/mol. The zero-order valence-electron chi connectivity index (χ0n) is 22.1. The van der Waals surface area contributed by atoms with Gasteiger partial charge >= 0.3 is 0 Å². The number of hydrogen-bond acceptors (Lipinski definition) is 6. The third-order valence-corrected chi connectivity index (χ3v) is 7.25. The van der Waals surface area contributed by atoms with Crippen LogP contribution < -0.4 is 0 Å². The highest BCUT2D eigenvalue weighted by molar-refractivity contribution is 6.24. The summed E-state index contributed by atoms with van der Waals surface area (Å²) in [4.78, 5) is 21.8. The second-order valence-corrected chi connectivity index (χ2v) is 9.67. The zero-order chi connectivity index (χ0) is 25.7. The molecule has 2 aromatic carbocycles. The summed E-state index contributed by atoms with van der Waals surface area (Å²) in [5.41, 5.74) is 5.51. The van der Waals surface area contributed by atoms with Crippen LogP contribution in [-0.2, 0) is 30.4 Å². The van der Waals surface area contributed by atoms with Gasteiger partial charge in [-0.1, -0.05) is 48.0 Å². The molecule has 0 radical (unpaired) electrons. The summed E-state index contributed by atoms with van der Waals surface area (Å²) in [7, 11) is 3.29. The van der Waals surface area contributed by atoms with E-state index in [2.05, 4.69) is 45.0 Å². The molecule has 0 atom stereocenters. The Labute approximate surface area is 214 Å². The largest absolute Gasteiger partial charge is 0.490 e. The molecule has 2 aliphatic rings. The number of benzene rings is 2. The molecule has 0 aromatic heterocycles. The number of carbonyl (C=O) groups excluding carboxylic acids is 1. The number of methoxy groups -OCH3 is 1. The molecule has 1 saturated heterocycles. The monoisotopic (exact) mass is 494 g/mol. The average molecular weight is 495 g/mol. The van der Waals surface area contributed by atoms with E-state index in [9.17, 15) is 4.79 Å². The maximum absolute atomic E-state index is 14.3. The van der Waals surface area contributed by atoms with E-state index >= 15 is 0 Å². The van der Waals surface area contributed by atoms with Gasteiger partial charge in [0.2, 0.25) is 0 Å². The van der Waals surface area contributed by atoms with Crippen LogP contribution in [0.25, 0.3) is 5.57 Å². The maximum Gasteiger partial charge on any atom is 0.258 e. The fraction of sp³-hybridized carbons (Fsp3) is 0.483. The number of piperidine rings is 1. The molecule has 7 nitrogen and oxygen atoms in total. The average Bonchev–Trinajstić information content (AvgIpc) is 3.08. The Kier molecular flexibility index (Phi) is 8.46. The summed E-state index contributed by atoms with van der Waals surface area (Å²) in [5.74, 6) is 0.772. The molecule has 0 bridgehead atoms. The molecule has 1 fully saturated rings. The van der Waals surface area contributed by atoms with Crippen LogP contribution in [0.1, 0.15) is 40.7 Å². The van der Waals surface area contributed by atoms with E-state index in [1.54, 1.807) is 14.2 Å². The zero-order valence-corrected chi connectivity index (χ0v) is 22.1. The molecule has 2 aliphatic heterocycles. The molecule has 0 aliphatic carbocycles. The van der Waals surface area contributed by atoms with E-state index in [0.717, 1.165) is 28.0 Å². The smallest absolute Gasteiger partial charge is 0.258 e. The number of aryl methyl sites for hydroxylation is 3. The van der Waals surface area contributed by atoms with Crippen molar-refractivity contribution in [2.45, 2.75) is 45.8 Å². The standard InChI is InChI=1S/C29H38N2O5/c1-21-17-22(2)25(23(3)18-21)26-27(36-19-24-9-7-6-8-10-24)29(11-13-30(34-5)14-12-29)31(28(26)32)15-16-35-20-33-4/h6-10,17-18H,11-16,19-20H2,1-5H3. The van der Waals surface area contributed by atoms with Gasteiger partial charge < -0.3 is 23.9 Å². The molecule has 2 heterocycles. The molecule has 36 heavy (non-hydrogen) atoms. The first kappa shape index (κ1) is 26.4. The molecular weight excluding hydrogens is 456 g/mol. The van der Waals surface area contributed by atoms with Gasteiger partial charge in [0, 0.05) is 26.7 Å². The molecule has 1 amide bonds. The highest BCUT2D eigenvalue weighted by Gasteiger charge is 2.54. The van der Waals surface area contributed by atoms with Crippen molar-refractivity contribution in [2.75, 3.05) is 47.3 Å². The van der Waals surface area contributed by atoms with E-state index in [4.69, 9.17) is 19.0 Å². The van der Waals surface area contributed by atoms with E-state index in [-0.39, 0.29) is 12.7 Å². The number of rotatable bonds is 10. The first-order valence-electron chi connectivity index (χ1n) is 12.6. The van der Waals surface area contributed by atoms with Crippen molar-refractivity contribution in [1.29, 1.82) is 0 Å². The van der Waals surface area contributed by atoms with Crippen LogP contribution in [0, 0.1) is 20.8 Å². The fourth-order valence-corrected chi connectivity index (χ4v) is 5.66. The Balaban J connectivity index is 1.81. The first-order valence-corrected chi connectivity index (χ1v) is 12.6. The lowest BCUT2D eigenvalue weighted by atomic mass is 9.84. The van der Waals surface area contributed by atoms with Crippen LogP contribution >= 0.6 is 0 Å². The molecule has 0 saturated carbocycles. The topological polar surface area (TPSA) is 60.5 Å². The van der Waals surface area contributed by atoms with Crippen molar-refractivity contribution in [3.8, 4) is 0 Å².